The Kier molecular flexibility index (Phi) is 5.67. The van der Waals surface area contributed by atoms with Crippen LogP contribution in [0.2, 0.25) is 0 Å². The van der Waals surface area contributed by atoms with Crippen LogP contribution in [0.1, 0.15) is 11.1 Å². The van der Waals surface area contributed by atoms with E-state index in [9.17, 15) is 4.39 Å². The summed E-state index contributed by atoms with van der Waals surface area (Å²) in [5.41, 5.74) is 3.02. The maximum absolute atomic E-state index is 13.7. The highest BCUT2D eigenvalue weighted by Gasteiger charge is 2.07. The summed E-state index contributed by atoms with van der Waals surface area (Å²) in [4.78, 5) is 6.50. The molecule has 0 bridgehead atoms. The molecule has 2 N–H and O–H groups in total. The second-order valence-electron chi connectivity index (χ2n) is 5.91. The van der Waals surface area contributed by atoms with Crippen molar-refractivity contribution < 1.29 is 4.39 Å². The van der Waals surface area contributed by atoms with Gasteiger partial charge in [0.2, 0.25) is 0 Å². The minimum absolute atomic E-state index is 0.211. The number of aliphatic imine (C=N–C) groups is 1. The van der Waals surface area contributed by atoms with Crippen molar-refractivity contribution in [1.82, 2.24) is 10.6 Å². The third-order valence-electron chi connectivity index (χ3n) is 4.21. The maximum Gasteiger partial charge on any atom is 0.191 e. The Balaban J connectivity index is 1.50. The van der Waals surface area contributed by atoms with Gasteiger partial charge in [0.1, 0.15) is 5.82 Å². The van der Waals surface area contributed by atoms with Crippen LogP contribution in [-0.4, -0.2) is 26.1 Å². The molecule has 1 heterocycles. The van der Waals surface area contributed by atoms with Crippen LogP contribution in [-0.2, 0) is 13.1 Å². The predicted molar refractivity (Wildman–Crippen MR) is 101 cm³/mol. The number of nitrogens with zero attached hydrogens (tertiary/aromatic N) is 2. The van der Waals surface area contributed by atoms with Crippen LogP contribution in [0.15, 0.2) is 65.7 Å². The average Bonchev–Trinajstić information content (AvgIpc) is 3.18. The zero-order valence-corrected chi connectivity index (χ0v) is 14.4. The molecule has 130 valence electrons. The molecule has 5 heteroatoms. The van der Waals surface area contributed by atoms with Gasteiger partial charge in [0.05, 0.1) is 0 Å². The summed E-state index contributed by atoms with van der Waals surface area (Å²) in [5, 5.41) is 6.39. The average molecular weight is 338 g/mol. The van der Waals surface area contributed by atoms with E-state index >= 15 is 0 Å². The van der Waals surface area contributed by atoms with Crippen LogP contribution in [0.3, 0.4) is 0 Å². The molecule has 0 unspecified atom stereocenters. The largest absolute Gasteiger partial charge is 0.364 e. The molecule has 0 saturated carbocycles. The minimum atomic E-state index is -0.211. The van der Waals surface area contributed by atoms with Gasteiger partial charge in [0.15, 0.2) is 5.96 Å². The normalized spacial score (nSPS) is 14.0. The van der Waals surface area contributed by atoms with E-state index in [0.717, 1.165) is 13.1 Å². The van der Waals surface area contributed by atoms with E-state index in [1.165, 1.54) is 17.3 Å². The van der Waals surface area contributed by atoms with E-state index in [4.69, 9.17) is 0 Å². The number of benzene rings is 2. The number of halogens is 1. The Hall–Kier alpha value is -2.82. The van der Waals surface area contributed by atoms with Crippen molar-refractivity contribution in [2.24, 2.45) is 4.99 Å². The van der Waals surface area contributed by atoms with Crippen molar-refractivity contribution in [1.29, 1.82) is 0 Å². The number of hydrogen-bond donors (Lipinski definition) is 2. The molecule has 3 rings (SSSR count). The number of hydrogen-bond acceptors (Lipinski definition) is 2. The summed E-state index contributed by atoms with van der Waals surface area (Å²) in [5.74, 6) is 0.438. The van der Waals surface area contributed by atoms with Gasteiger partial charge in [0, 0.05) is 44.5 Å². The predicted octanol–water partition coefficient (Wildman–Crippen LogP) is 3.07. The van der Waals surface area contributed by atoms with Crippen molar-refractivity contribution in [2.75, 3.05) is 25.0 Å². The third-order valence-corrected chi connectivity index (χ3v) is 4.21. The number of guanidine groups is 1. The summed E-state index contributed by atoms with van der Waals surface area (Å²) < 4.78 is 13.7. The summed E-state index contributed by atoms with van der Waals surface area (Å²) in [6.07, 6.45) is 4.36. The van der Waals surface area contributed by atoms with E-state index < -0.39 is 0 Å². The zero-order chi connectivity index (χ0) is 17.5. The van der Waals surface area contributed by atoms with Crippen LogP contribution < -0.4 is 15.5 Å². The second-order valence-corrected chi connectivity index (χ2v) is 5.91. The van der Waals surface area contributed by atoms with E-state index in [-0.39, 0.29) is 5.82 Å². The first kappa shape index (κ1) is 17.0. The number of nitrogens with one attached hydrogen (secondary N) is 2. The Morgan fingerprint density at radius 1 is 1.00 bits per heavy atom. The Bertz CT molecular complexity index is 745. The number of anilines is 1. The molecule has 4 nitrogen and oxygen atoms in total. The molecule has 1 aliphatic heterocycles. The highest BCUT2D eigenvalue weighted by Crippen LogP contribution is 2.17. The van der Waals surface area contributed by atoms with Crippen LogP contribution in [0.5, 0.6) is 0 Å². The Labute approximate surface area is 148 Å². The first-order valence-corrected chi connectivity index (χ1v) is 8.43. The molecule has 25 heavy (non-hydrogen) atoms. The van der Waals surface area contributed by atoms with E-state index in [2.05, 4.69) is 56.9 Å². The Morgan fingerprint density at radius 3 is 2.36 bits per heavy atom. The third kappa shape index (κ3) is 4.59. The van der Waals surface area contributed by atoms with Crippen molar-refractivity contribution in [3.63, 3.8) is 0 Å². The first-order chi connectivity index (χ1) is 12.3. The molecule has 2 aromatic rings. The molecule has 2 aromatic carbocycles. The van der Waals surface area contributed by atoms with Crippen LogP contribution in [0, 0.1) is 5.82 Å². The topological polar surface area (TPSA) is 39.7 Å². The van der Waals surface area contributed by atoms with Gasteiger partial charge in [-0.1, -0.05) is 42.5 Å². The fraction of sp³-hybridized carbons (Fsp3) is 0.250. The highest BCUT2D eigenvalue weighted by molar-refractivity contribution is 5.79. The van der Waals surface area contributed by atoms with Crippen molar-refractivity contribution in [3.8, 4) is 0 Å². The van der Waals surface area contributed by atoms with Gasteiger partial charge in [-0.3, -0.25) is 4.99 Å². The molecule has 0 amide bonds. The van der Waals surface area contributed by atoms with Gasteiger partial charge in [-0.2, -0.15) is 0 Å². The fourth-order valence-corrected chi connectivity index (χ4v) is 2.74. The molecule has 0 saturated heterocycles. The smallest absolute Gasteiger partial charge is 0.191 e. The SMILES string of the molecule is CN=C(NCc1ccc(N2CC=CC2)cc1)NCc1ccccc1F. The maximum atomic E-state index is 13.7. The highest BCUT2D eigenvalue weighted by atomic mass is 19.1. The minimum Gasteiger partial charge on any atom is -0.364 e. The van der Waals surface area contributed by atoms with E-state index in [0.29, 0.717) is 24.6 Å². The van der Waals surface area contributed by atoms with Crippen molar-refractivity contribution in [2.45, 2.75) is 13.1 Å². The van der Waals surface area contributed by atoms with E-state index in [1.54, 1.807) is 19.2 Å². The molecule has 0 radical (unpaired) electrons. The first-order valence-electron chi connectivity index (χ1n) is 8.43. The van der Waals surface area contributed by atoms with Gasteiger partial charge in [-0.05, 0) is 23.8 Å². The lowest BCUT2D eigenvalue weighted by molar-refractivity contribution is 0.604. The molecular weight excluding hydrogens is 315 g/mol. The Morgan fingerprint density at radius 2 is 1.68 bits per heavy atom. The molecule has 0 aromatic heterocycles. The van der Waals surface area contributed by atoms with Gasteiger partial charge in [0.25, 0.3) is 0 Å². The van der Waals surface area contributed by atoms with Gasteiger partial charge in [-0.25, -0.2) is 4.39 Å². The van der Waals surface area contributed by atoms with Gasteiger partial charge in [-0.15, -0.1) is 0 Å². The lowest BCUT2D eigenvalue weighted by atomic mass is 10.2. The number of rotatable bonds is 5. The molecule has 0 spiro atoms. The van der Waals surface area contributed by atoms with Crippen molar-refractivity contribution >= 4 is 11.6 Å². The van der Waals surface area contributed by atoms with E-state index in [1.807, 2.05) is 6.07 Å². The standard InChI is InChI=1S/C20H23FN4/c1-22-20(24-15-17-6-2-3-7-19(17)21)23-14-16-8-10-18(11-9-16)25-12-4-5-13-25/h2-11H,12-15H2,1H3,(H2,22,23,24). The molecule has 1 aliphatic rings. The molecular formula is C20H23FN4. The zero-order valence-electron chi connectivity index (χ0n) is 14.4. The summed E-state index contributed by atoms with van der Waals surface area (Å²) in [7, 11) is 1.71. The summed E-state index contributed by atoms with van der Waals surface area (Å²) in [6, 6.07) is 15.3. The molecule has 0 atom stereocenters. The van der Waals surface area contributed by atoms with Gasteiger partial charge < -0.3 is 15.5 Å². The van der Waals surface area contributed by atoms with Crippen molar-refractivity contribution in [3.05, 3.63) is 77.6 Å². The fourth-order valence-electron chi connectivity index (χ4n) is 2.74. The van der Waals surface area contributed by atoms with Crippen LogP contribution in [0.25, 0.3) is 0 Å². The second kappa shape index (κ2) is 8.33. The molecule has 0 aliphatic carbocycles. The van der Waals surface area contributed by atoms with Crippen LogP contribution >= 0.6 is 0 Å². The van der Waals surface area contributed by atoms with Gasteiger partial charge >= 0.3 is 0 Å². The lowest BCUT2D eigenvalue weighted by Gasteiger charge is -2.18. The lowest BCUT2D eigenvalue weighted by Crippen LogP contribution is -2.36. The summed E-state index contributed by atoms with van der Waals surface area (Å²) in [6.45, 7) is 3.01. The quantitative estimate of drug-likeness (QED) is 0.500. The van der Waals surface area contributed by atoms with Crippen LogP contribution in [0.4, 0.5) is 10.1 Å². The summed E-state index contributed by atoms with van der Waals surface area (Å²) >= 11 is 0. The molecule has 0 fully saturated rings. The monoisotopic (exact) mass is 338 g/mol.